The summed E-state index contributed by atoms with van der Waals surface area (Å²) < 4.78 is 226. The first-order valence-corrected chi connectivity index (χ1v) is 18.0. The van der Waals surface area contributed by atoms with Gasteiger partial charge in [-0.3, -0.25) is 0 Å². The minimum absolute atomic E-state index is 0.0958. The van der Waals surface area contributed by atoms with Crippen LogP contribution in [-0.4, -0.2) is 8.80 Å². The molecule has 0 saturated heterocycles. The second kappa shape index (κ2) is 11.8. The quantitative estimate of drug-likeness (QED) is 0.168. The number of aromatic nitrogens is 2. The molecule has 4 nitrogen and oxygen atoms in total. The Bertz CT molecular complexity index is 4720. The fraction of sp³-hybridized carbons (Fsp3) is 0. The predicted octanol–water partition coefficient (Wildman–Crippen LogP) is 14.9. The molecule has 270 valence electrons. The molecule has 13 aromatic rings. The standard InChI is InChI=1S/C54H34N4/c1-5-17-35(18-6-1)55(36-19-7-2-8-20-36)47-31-29-39-43-33-50-44(34-49(43)57-45-27-15-13-25-41(45)51(47)53(39)57)40-30-32-48(52-42-26-14-16-28-46(42)58(50)54(40)52)56(37-21-9-3-10-22-37)38-23-11-4-12-24-38/h1-34H/i1D,3D,5D,6D,9D,10D,13D,14D,15D,16D,17D,18D,21D,22D,25D,26D,27D,28D,29D,30D,31D,32D,33D,34D. The van der Waals surface area contributed by atoms with Crippen molar-refractivity contribution < 1.29 is 32.9 Å². The van der Waals surface area contributed by atoms with Gasteiger partial charge in [0.2, 0.25) is 0 Å². The number of benzene rings is 9. The normalized spacial score (nSPS) is 17.9. The zero-order valence-electron chi connectivity index (χ0n) is 53.6. The molecule has 0 aliphatic rings. The smallest absolute Gasteiger partial charge is 0.0653 e. The third-order valence-corrected chi connectivity index (χ3v) is 10.6. The molecule has 9 aromatic carbocycles. The molecule has 13 rings (SSSR count). The van der Waals surface area contributed by atoms with Crippen molar-refractivity contribution in [2.24, 2.45) is 0 Å². The van der Waals surface area contributed by atoms with E-state index >= 15 is 0 Å². The topological polar surface area (TPSA) is 15.3 Å². The van der Waals surface area contributed by atoms with Crippen LogP contribution in [0.2, 0.25) is 0 Å². The average molecular weight is 763 g/mol. The van der Waals surface area contributed by atoms with E-state index in [9.17, 15) is 19.2 Å². The van der Waals surface area contributed by atoms with Crippen LogP contribution in [0.5, 0.6) is 0 Å². The fourth-order valence-electron chi connectivity index (χ4n) is 8.34. The highest BCUT2D eigenvalue weighted by atomic mass is 15.2. The van der Waals surface area contributed by atoms with Crippen molar-refractivity contribution in [3.8, 4) is 0 Å². The molecule has 4 heterocycles. The summed E-state index contributed by atoms with van der Waals surface area (Å²) in [4.78, 5) is 2.29. The molecule has 0 bridgehead atoms. The molecular weight excluding hydrogens is 705 g/mol. The molecule has 0 N–H and O–H groups in total. The van der Waals surface area contributed by atoms with Crippen LogP contribution in [0.25, 0.3) is 76.2 Å². The third kappa shape index (κ3) is 4.18. The second-order valence-corrected chi connectivity index (χ2v) is 13.5. The lowest BCUT2D eigenvalue weighted by Crippen LogP contribution is -2.10. The number of hydrogen-bond donors (Lipinski definition) is 0. The Morgan fingerprint density at radius 2 is 0.724 bits per heavy atom. The van der Waals surface area contributed by atoms with E-state index in [0.717, 1.165) is 9.80 Å². The van der Waals surface area contributed by atoms with Gasteiger partial charge in [-0.2, -0.15) is 0 Å². The molecule has 58 heavy (non-hydrogen) atoms. The Morgan fingerprint density at radius 3 is 1.16 bits per heavy atom. The summed E-state index contributed by atoms with van der Waals surface area (Å²) in [6, 6.07) is -1.53. The summed E-state index contributed by atoms with van der Waals surface area (Å²) in [6.45, 7) is 0. The van der Waals surface area contributed by atoms with Gasteiger partial charge in [0.1, 0.15) is 0 Å². The number of para-hydroxylation sites is 6. The summed E-state index contributed by atoms with van der Waals surface area (Å²) in [5.41, 5.74) is -3.09. The first-order valence-electron chi connectivity index (χ1n) is 30.0. The number of fused-ring (bicyclic) bond motifs is 12. The summed E-state index contributed by atoms with van der Waals surface area (Å²) in [6.07, 6.45) is 0. The van der Waals surface area contributed by atoms with Gasteiger partial charge in [0.15, 0.2) is 0 Å². The van der Waals surface area contributed by atoms with Crippen LogP contribution in [0.4, 0.5) is 34.1 Å². The van der Waals surface area contributed by atoms with Crippen molar-refractivity contribution >= 4 is 110 Å². The lowest BCUT2D eigenvalue weighted by molar-refractivity contribution is 1.30. The van der Waals surface area contributed by atoms with E-state index in [1.807, 2.05) is 0 Å². The Labute approximate surface area is 367 Å². The lowest BCUT2D eigenvalue weighted by atomic mass is 10.0. The van der Waals surface area contributed by atoms with Crippen LogP contribution in [0.3, 0.4) is 0 Å². The molecular formula is C54H34N4. The van der Waals surface area contributed by atoms with Crippen LogP contribution >= 0.6 is 0 Å². The average Bonchev–Trinajstić information content (AvgIpc) is 3.59. The fourth-order valence-corrected chi connectivity index (χ4v) is 8.34. The van der Waals surface area contributed by atoms with Gasteiger partial charge in [-0.15, -0.1) is 0 Å². The molecule has 0 aliphatic carbocycles. The van der Waals surface area contributed by atoms with Crippen LogP contribution in [0, 0.1) is 0 Å². The summed E-state index contributed by atoms with van der Waals surface area (Å²) in [7, 11) is 0. The van der Waals surface area contributed by atoms with E-state index < -0.39 is 156 Å². The molecule has 4 heteroatoms. The molecule has 0 fully saturated rings. The predicted molar refractivity (Wildman–Crippen MR) is 245 cm³/mol. The van der Waals surface area contributed by atoms with E-state index in [0.29, 0.717) is 0 Å². The van der Waals surface area contributed by atoms with E-state index in [4.69, 9.17) is 13.7 Å². The number of rotatable bonds is 6. The van der Waals surface area contributed by atoms with Crippen molar-refractivity contribution in [1.82, 2.24) is 8.80 Å². The first kappa shape index (κ1) is 16.3. The SMILES string of the molecule is [2H]c1c([2H])c([2H])c(N(c2ccccc2)c2c([2H])c([2H])c3c4c([2H])c5c(c([2H])c4n4c6c([2H])c([2H])c([2H])c([2H])c6c2c34)c2c([2H])c([2H])c(N(c3ccccc3)c3c([2H])c([2H])c([2H])c([2H])c3[2H])c3c4c([2H])c([2H])c([2H])c([2H])c4n5c23)c([2H])c1[2H]. The molecule has 4 aromatic heterocycles. The third-order valence-electron chi connectivity index (χ3n) is 10.6. The maximum absolute atomic E-state index is 10.4. The molecule has 0 saturated carbocycles. The monoisotopic (exact) mass is 762 g/mol. The van der Waals surface area contributed by atoms with Crippen LogP contribution in [0.1, 0.15) is 32.9 Å². The minimum Gasteiger partial charge on any atom is -0.310 e. The lowest BCUT2D eigenvalue weighted by Gasteiger charge is -2.26. The van der Waals surface area contributed by atoms with Gasteiger partial charge < -0.3 is 18.6 Å². The summed E-state index contributed by atoms with van der Waals surface area (Å²) in [5, 5.41) is -2.05. The maximum atomic E-state index is 10.4. The summed E-state index contributed by atoms with van der Waals surface area (Å²) in [5.74, 6) is 0. The van der Waals surface area contributed by atoms with Gasteiger partial charge >= 0.3 is 0 Å². The highest BCUT2D eigenvalue weighted by molar-refractivity contribution is 6.32. The van der Waals surface area contributed by atoms with Gasteiger partial charge in [0.25, 0.3) is 0 Å². The van der Waals surface area contributed by atoms with Crippen LogP contribution < -0.4 is 9.80 Å². The van der Waals surface area contributed by atoms with E-state index in [2.05, 4.69) is 0 Å². The zero-order valence-corrected chi connectivity index (χ0v) is 29.6. The molecule has 0 aliphatic heterocycles. The highest BCUT2D eigenvalue weighted by Crippen LogP contribution is 2.51. The van der Waals surface area contributed by atoms with Gasteiger partial charge in [-0.05, 0) is 84.7 Å². The molecule has 0 unspecified atom stereocenters. The first-order chi connectivity index (χ1) is 38.8. The van der Waals surface area contributed by atoms with Gasteiger partial charge in [0, 0.05) is 65.8 Å². The highest BCUT2D eigenvalue weighted by Gasteiger charge is 2.27. The molecule has 0 amide bonds. The van der Waals surface area contributed by atoms with Gasteiger partial charge in [-0.25, -0.2) is 0 Å². The van der Waals surface area contributed by atoms with E-state index in [-0.39, 0.29) is 98.9 Å². The second-order valence-electron chi connectivity index (χ2n) is 13.5. The van der Waals surface area contributed by atoms with Gasteiger partial charge in [0.05, 0.1) is 77.4 Å². The number of nitrogens with zero attached hydrogens (tertiary/aromatic N) is 4. The molecule has 0 atom stereocenters. The Balaban J connectivity index is 1.30. The Morgan fingerprint density at radius 1 is 0.328 bits per heavy atom. The van der Waals surface area contributed by atoms with Crippen molar-refractivity contribution in [3.63, 3.8) is 0 Å². The summed E-state index contributed by atoms with van der Waals surface area (Å²) >= 11 is 0. The van der Waals surface area contributed by atoms with Gasteiger partial charge in [-0.1, -0.05) is 121 Å². The Kier molecular flexibility index (Phi) is 3.34. The molecule has 0 spiro atoms. The Hall–Kier alpha value is -7.82. The van der Waals surface area contributed by atoms with E-state index in [1.54, 1.807) is 36.4 Å². The van der Waals surface area contributed by atoms with Crippen molar-refractivity contribution in [2.75, 3.05) is 9.80 Å². The zero-order chi connectivity index (χ0) is 58.8. The molecule has 0 radical (unpaired) electrons. The van der Waals surface area contributed by atoms with Crippen LogP contribution in [0.15, 0.2) is 206 Å². The van der Waals surface area contributed by atoms with Crippen molar-refractivity contribution in [1.29, 1.82) is 0 Å². The maximum Gasteiger partial charge on any atom is 0.0653 e. The minimum atomic E-state index is -0.758. The van der Waals surface area contributed by atoms with Crippen molar-refractivity contribution in [2.45, 2.75) is 0 Å². The van der Waals surface area contributed by atoms with Crippen molar-refractivity contribution in [3.05, 3.63) is 206 Å². The van der Waals surface area contributed by atoms with Crippen LogP contribution in [-0.2, 0) is 0 Å². The van der Waals surface area contributed by atoms with E-state index in [1.165, 1.54) is 33.1 Å². The largest absolute Gasteiger partial charge is 0.310 e. The number of anilines is 6. The number of hydrogen-bond acceptors (Lipinski definition) is 2.